The number of para-hydroxylation sites is 1. The van der Waals surface area contributed by atoms with Crippen LogP contribution in [0, 0.1) is 11.3 Å². The summed E-state index contributed by atoms with van der Waals surface area (Å²) in [6.45, 7) is 1.50. The molecule has 0 spiro atoms. The fourth-order valence-corrected chi connectivity index (χ4v) is 2.32. The van der Waals surface area contributed by atoms with Crippen molar-refractivity contribution in [1.29, 1.82) is 5.26 Å². The van der Waals surface area contributed by atoms with Gasteiger partial charge in [0.05, 0.1) is 23.8 Å². The van der Waals surface area contributed by atoms with Crippen LogP contribution in [-0.4, -0.2) is 31.6 Å². The molecule has 1 amide bonds. The Labute approximate surface area is 98.6 Å². The van der Waals surface area contributed by atoms with Crippen molar-refractivity contribution in [3.05, 3.63) is 23.8 Å². The molecule has 1 unspecified atom stereocenters. The van der Waals surface area contributed by atoms with Crippen molar-refractivity contribution in [2.75, 3.05) is 24.6 Å². The highest BCUT2D eigenvalue weighted by Gasteiger charge is 2.35. The summed E-state index contributed by atoms with van der Waals surface area (Å²) >= 11 is 0. The van der Waals surface area contributed by atoms with Crippen LogP contribution in [0.1, 0.15) is 5.56 Å². The molecule has 5 heteroatoms. The lowest BCUT2D eigenvalue weighted by Gasteiger charge is -2.40. The number of carbonyl (C=O) groups excluding carboxylic acids is 1. The quantitative estimate of drug-likeness (QED) is 0.692. The molecule has 0 saturated carbocycles. The minimum Gasteiger partial charge on any atom is -0.488 e. The van der Waals surface area contributed by atoms with Crippen LogP contribution in [-0.2, 0) is 4.79 Å². The maximum atomic E-state index is 11.9. The zero-order valence-electron chi connectivity index (χ0n) is 9.14. The summed E-state index contributed by atoms with van der Waals surface area (Å²) in [6.07, 6.45) is 0. The van der Waals surface area contributed by atoms with Crippen LogP contribution < -0.4 is 15.0 Å². The lowest BCUT2D eigenvalue weighted by Crippen LogP contribution is -2.59. The largest absolute Gasteiger partial charge is 0.488 e. The molecule has 0 radical (unpaired) electrons. The Hall–Kier alpha value is -2.06. The molecule has 17 heavy (non-hydrogen) atoms. The van der Waals surface area contributed by atoms with Gasteiger partial charge in [0.1, 0.15) is 12.7 Å². The van der Waals surface area contributed by atoms with E-state index in [1.807, 2.05) is 6.07 Å². The number of piperazine rings is 1. The Morgan fingerprint density at radius 1 is 1.53 bits per heavy atom. The lowest BCUT2D eigenvalue weighted by atomic mass is 10.1. The van der Waals surface area contributed by atoms with Gasteiger partial charge in [-0.2, -0.15) is 5.26 Å². The standard InChI is InChI=1S/C12H11N3O2/c13-4-8-2-1-3-10-12(8)17-7-9-5-14-6-11(16)15(9)10/h1-3,9,14H,5-7H2. The summed E-state index contributed by atoms with van der Waals surface area (Å²) in [6, 6.07) is 7.41. The van der Waals surface area contributed by atoms with E-state index >= 15 is 0 Å². The van der Waals surface area contributed by atoms with Crippen molar-refractivity contribution in [3.8, 4) is 11.8 Å². The molecule has 2 heterocycles. The highest BCUT2D eigenvalue weighted by molar-refractivity contribution is 5.98. The summed E-state index contributed by atoms with van der Waals surface area (Å²) in [4.78, 5) is 13.7. The molecule has 1 fully saturated rings. The molecule has 0 aliphatic carbocycles. The zero-order valence-corrected chi connectivity index (χ0v) is 9.14. The Morgan fingerprint density at radius 2 is 2.41 bits per heavy atom. The Bertz CT molecular complexity index is 521. The Balaban J connectivity index is 2.12. The van der Waals surface area contributed by atoms with E-state index in [0.29, 0.717) is 30.2 Å². The van der Waals surface area contributed by atoms with Crippen molar-refractivity contribution < 1.29 is 9.53 Å². The second kappa shape index (κ2) is 3.75. The van der Waals surface area contributed by atoms with Crippen LogP contribution in [0.4, 0.5) is 5.69 Å². The van der Waals surface area contributed by atoms with E-state index in [0.717, 1.165) is 6.54 Å². The van der Waals surface area contributed by atoms with Crippen LogP contribution in [0.3, 0.4) is 0 Å². The van der Waals surface area contributed by atoms with Crippen LogP contribution >= 0.6 is 0 Å². The molecule has 1 N–H and O–H groups in total. The average molecular weight is 229 g/mol. The summed E-state index contributed by atoms with van der Waals surface area (Å²) in [5, 5.41) is 12.1. The molecule has 2 aliphatic heterocycles. The molecule has 5 nitrogen and oxygen atoms in total. The number of nitrogens with zero attached hydrogens (tertiary/aromatic N) is 2. The van der Waals surface area contributed by atoms with Crippen molar-refractivity contribution in [1.82, 2.24) is 5.32 Å². The maximum Gasteiger partial charge on any atom is 0.241 e. The average Bonchev–Trinajstić information content (AvgIpc) is 2.37. The summed E-state index contributed by atoms with van der Waals surface area (Å²) < 4.78 is 5.61. The number of amides is 1. The predicted octanol–water partition coefficient (Wildman–Crippen LogP) is 0.255. The third kappa shape index (κ3) is 1.46. The van der Waals surface area contributed by atoms with Gasteiger partial charge in [-0.15, -0.1) is 0 Å². The minimum absolute atomic E-state index is 0.0256. The molecule has 3 rings (SSSR count). The first-order chi connectivity index (χ1) is 8.31. The fourth-order valence-electron chi connectivity index (χ4n) is 2.32. The molecule has 2 aliphatic rings. The van der Waals surface area contributed by atoms with Gasteiger partial charge in [-0.1, -0.05) is 6.07 Å². The molecule has 1 saturated heterocycles. The first-order valence-corrected chi connectivity index (χ1v) is 5.50. The second-order valence-corrected chi connectivity index (χ2v) is 4.13. The van der Waals surface area contributed by atoms with Crippen LogP contribution in [0.15, 0.2) is 18.2 Å². The van der Waals surface area contributed by atoms with E-state index in [2.05, 4.69) is 11.4 Å². The van der Waals surface area contributed by atoms with Crippen LogP contribution in [0.2, 0.25) is 0 Å². The molecule has 1 aromatic rings. The predicted molar refractivity (Wildman–Crippen MR) is 60.8 cm³/mol. The van der Waals surface area contributed by atoms with Crippen LogP contribution in [0.5, 0.6) is 5.75 Å². The van der Waals surface area contributed by atoms with Gasteiger partial charge < -0.3 is 10.1 Å². The first kappa shape index (κ1) is 10.1. The maximum absolute atomic E-state index is 11.9. The molecule has 0 aromatic heterocycles. The van der Waals surface area contributed by atoms with E-state index in [-0.39, 0.29) is 11.9 Å². The molecular formula is C12H11N3O2. The Morgan fingerprint density at radius 3 is 3.24 bits per heavy atom. The van der Waals surface area contributed by atoms with E-state index in [9.17, 15) is 4.79 Å². The van der Waals surface area contributed by atoms with Crippen molar-refractivity contribution in [2.45, 2.75) is 6.04 Å². The molecule has 1 aromatic carbocycles. The first-order valence-electron chi connectivity index (χ1n) is 5.50. The number of benzene rings is 1. The van der Waals surface area contributed by atoms with Gasteiger partial charge in [-0.25, -0.2) is 0 Å². The number of rotatable bonds is 0. The summed E-state index contributed by atoms with van der Waals surface area (Å²) in [5.74, 6) is 0.558. The molecule has 1 atom stereocenters. The normalized spacial score (nSPS) is 22.2. The van der Waals surface area contributed by atoms with Crippen molar-refractivity contribution in [3.63, 3.8) is 0 Å². The lowest BCUT2D eigenvalue weighted by molar-refractivity contribution is -0.119. The number of nitrogens with one attached hydrogen (secondary N) is 1. The topological polar surface area (TPSA) is 65.4 Å². The van der Waals surface area contributed by atoms with E-state index in [1.54, 1.807) is 17.0 Å². The van der Waals surface area contributed by atoms with Gasteiger partial charge in [0.2, 0.25) is 5.91 Å². The second-order valence-electron chi connectivity index (χ2n) is 4.13. The number of hydrogen-bond acceptors (Lipinski definition) is 4. The molecular weight excluding hydrogens is 218 g/mol. The van der Waals surface area contributed by atoms with Crippen LogP contribution in [0.25, 0.3) is 0 Å². The highest BCUT2D eigenvalue weighted by atomic mass is 16.5. The smallest absolute Gasteiger partial charge is 0.241 e. The number of hydrogen-bond donors (Lipinski definition) is 1. The number of carbonyl (C=O) groups is 1. The van der Waals surface area contributed by atoms with E-state index in [1.165, 1.54) is 0 Å². The summed E-state index contributed by atoms with van der Waals surface area (Å²) in [7, 11) is 0. The van der Waals surface area contributed by atoms with Gasteiger partial charge in [0.25, 0.3) is 0 Å². The SMILES string of the molecule is N#Cc1cccc2c1OCC1CNCC(=O)N21. The van der Waals surface area contributed by atoms with Gasteiger partial charge in [0.15, 0.2) is 5.75 Å². The Kier molecular flexibility index (Phi) is 2.23. The monoisotopic (exact) mass is 229 g/mol. The van der Waals surface area contributed by atoms with E-state index in [4.69, 9.17) is 10.00 Å². The van der Waals surface area contributed by atoms with Gasteiger partial charge in [0, 0.05) is 6.54 Å². The number of anilines is 1. The van der Waals surface area contributed by atoms with E-state index < -0.39 is 0 Å². The van der Waals surface area contributed by atoms with Crippen molar-refractivity contribution in [2.24, 2.45) is 0 Å². The number of fused-ring (bicyclic) bond motifs is 3. The number of ether oxygens (including phenoxy) is 1. The third-order valence-corrected chi connectivity index (χ3v) is 3.08. The minimum atomic E-state index is 0.0256. The zero-order chi connectivity index (χ0) is 11.8. The highest BCUT2D eigenvalue weighted by Crippen LogP contribution is 2.37. The van der Waals surface area contributed by atoms with Gasteiger partial charge in [-0.05, 0) is 12.1 Å². The fraction of sp³-hybridized carbons (Fsp3) is 0.333. The van der Waals surface area contributed by atoms with Gasteiger partial charge in [-0.3, -0.25) is 9.69 Å². The van der Waals surface area contributed by atoms with Crippen molar-refractivity contribution >= 4 is 11.6 Å². The van der Waals surface area contributed by atoms with Gasteiger partial charge >= 0.3 is 0 Å². The number of nitriles is 1. The molecule has 0 bridgehead atoms. The molecule has 86 valence electrons. The third-order valence-electron chi connectivity index (χ3n) is 3.08. The summed E-state index contributed by atoms with van der Waals surface area (Å²) in [5.41, 5.74) is 1.19.